The number of halogens is 3. The van der Waals surface area contributed by atoms with E-state index in [9.17, 15) is 22.8 Å². The van der Waals surface area contributed by atoms with Crippen molar-refractivity contribution in [3.05, 3.63) is 88.2 Å². The van der Waals surface area contributed by atoms with Crippen LogP contribution in [0.1, 0.15) is 31.9 Å². The van der Waals surface area contributed by atoms with Gasteiger partial charge in [-0.3, -0.25) is 4.79 Å². The summed E-state index contributed by atoms with van der Waals surface area (Å²) in [4.78, 5) is 29.7. The van der Waals surface area contributed by atoms with Gasteiger partial charge in [-0.1, -0.05) is 24.3 Å². The largest absolute Gasteiger partial charge is 0.490 e. The van der Waals surface area contributed by atoms with E-state index in [2.05, 4.69) is 10.1 Å². The van der Waals surface area contributed by atoms with Crippen LogP contribution in [0.15, 0.2) is 76.6 Å². The number of hydrogen-bond donors (Lipinski definition) is 0. The van der Waals surface area contributed by atoms with Crippen LogP contribution in [0, 0.1) is 0 Å². The molecule has 0 atom stereocenters. The smallest absolute Gasteiger partial charge is 0.416 e. The van der Waals surface area contributed by atoms with Crippen molar-refractivity contribution in [2.24, 2.45) is 5.10 Å². The van der Waals surface area contributed by atoms with Crippen molar-refractivity contribution < 1.29 is 32.2 Å². The number of hydrogen-bond acceptors (Lipinski definition) is 7. The average Bonchev–Trinajstić information content (AvgIpc) is 2.91. The van der Waals surface area contributed by atoms with E-state index in [0.717, 1.165) is 16.8 Å². The first-order chi connectivity index (χ1) is 19.1. The average molecular weight is 554 g/mol. The highest BCUT2D eigenvalue weighted by molar-refractivity contribution is 5.83. The highest BCUT2D eigenvalue weighted by Crippen LogP contribution is 2.32. The Morgan fingerprint density at radius 2 is 1.80 bits per heavy atom. The number of rotatable bonds is 9. The second-order valence-electron chi connectivity index (χ2n) is 8.86. The molecule has 11 heteroatoms. The molecule has 4 rings (SSSR count). The Morgan fingerprint density at radius 1 is 1.02 bits per heavy atom. The molecule has 0 bridgehead atoms. The molecule has 0 amide bonds. The summed E-state index contributed by atoms with van der Waals surface area (Å²) in [5.74, 6) is 0.0351. The van der Waals surface area contributed by atoms with Gasteiger partial charge in [0.2, 0.25) is 0 Å². The second-order valence-corrected chi connectivity index (χ2v) is 8.86. The Balaban J connectivity index is 1.74. The zero-order chi connectivity index (χ0) is 28.9. The van der Waals surface area contributed by atoms with Crippen molar-refractivity contribution >= 4 is 23.1 Å². The van der Waals surface area contributed by atoms with Crippen LogP contribution in [0.25, 0.3) is 22.3 Å². The third-order valence-electron chi connectivity index (χ3n) is 5.50. The van der Waals surface area contributed by atoms with Crippen molar-refractivity contribution in [2.75, 3.05) is 13.2 Å². The van der Waals surface area contributed by atoms with Crippen LogP contribution in [-0.4, -0.2) is 41.2 Å². The molecule has 40 heavy (non-hydrogen) atoms. The van der Waals surface area contributed by atoms with Gasteiger partial charge in [0.1, 0.15) is 0 Å². The van der Waals surface area contributed by atoms with Crippen molar-refractivity contribution in [1.29, 1.82) is 0 Å². The molecule has 0 unspecified atom stereocenters. The standard InChI is InChI=1S/C29H26F3N3O5/c1-4-38-25-14-19(12-13-24(25)39-17-26(36)40-18(2)3)16-33-35-27(20-8-7-9-21(15-20)29(30,31)32)34-23-11-6-5-10-22(23)28(35)37/h5-16,18H,4,17H2,1-3H3. The van der Waals surface area contributed by atoms with Gasteiger partial charge in [-0.2, -0.15) is 22.9 Å². The van der Waals surface area contributed by atoms with Crippen LogP contribution < -0.4 is 15.0 Å². The minimum Gasteiger partial charge on any atom is -0.490 e. The van der Waals surface area contributed by atoms with Crippen molar-refractivity contribution in [1.82, 2.24) is 9.66 Å². The first-order valence-electron chi connectivity index (χ1n) is 12.4. The first-order valence-corrected chi connectivity index (χ1v) is 12.4. The molecule has 0 N–H and O–H groups in total. The molecule has 4 aromatic rings. The fourth-order valence-corrected chi connectivity index (χ4v) is 3.80. The predicted octanol–water partition coefficient (Wildman–Crippen LogP) is 5.69. The summed E-state index contributed by atoms with van der Waals surface area (Å²) in [5.41, 5.74) is -0.542. The summed E-state index contributed by atoms with van der Waals surface area (Å²) < 4.78 is 57.4. The Hall–Kier alpha value is -4.67. The summed E-state index contributed by atoms with van der Waals surface area (Å²) >= 11 is 0. The highest BCUT2D eigenvalue weighted by Gasteiger charge is 2.31. The summed E-state index contributed by atoms with van der Waals surface area (Å²) in [6, 6.07) is 15.8. The molecule has 0 fully saturated rings. The minimum absolute atomic E-state index is 0.0558. The summed E-state index contributed by atoms with van der Waals surface area (Å²) in [6.45, 7) is 5.23. The van der Waals surface area contributed by atoms with E-state index in [-0.39, 0.29) is 29.5 Å². The van der Waals surface area contributed by atoms with Crippen LogP contribution in [0.4, 0.5) is 13.2 Å². The SMILES string of the molecule is CCOc1cc(C=Nn2c(-c3cccc(C(F)(F)F)c3)nc3ccccc3c2=O)ccc1OCC(=O)OC(C)C. The zero-order valence-corrected chi connectivity index (χ0v) is 21.9. The number of alkyl halides is 3. The molecule has 3 aromatic carbocycles. The van der Waals surface area contributed by atoms with Gasteiger partial charge in [0.25, 0.3) is 5.56 Å². The van der Waals surface area contributed by atoms with E-state index in [0.29, 0.717) is 29.2 Å². The molecule has 0 saturated heterocycles. The Morgan fingerprint density at radius 3 is 2.52 bits per heavy atom. The minimum atomic E-state index is -4.58. The number of para-hydroxylation sites is 1. The third-order valence-corrected chi connectivity index (χ3v) is 5.50. The van der Waals surface area contributed by atoms with E-state index in [1.807, 2.05) is 0 Å². The fourth-order valence-electron chi connectivity index (χ4n) is 3.80. The highest BCUT2D eigenvalue weighted by atomic mass is 19.4. The lowest BCUT2D eigenvalue weighted by Crippen LogP contribution is -2.20. The first kappa shape index (κ1) is 28.3. The molecule has 208 valence electrons. The number of benzene rings is 3. The summed E-state index contributed by atoms with van der Waals surface area (Å²) in [7, 11) is 0. The van der Waals surface area contributed by atoms with E-state index in [4.69, 9.17) is 14.2 Å². The Labute approximate surface area is 227 Å². The van der Waals surface area contributed by atoms with Gasteiger partial charge < -0.3 is 14.2 Å². The third kappa shape index (κ3) is 6.66. The van der Waals surface area contributed by atoms with Crippen LogP contribution in [0.3, 0.4) is 0 Å². The normalized spacial score (nSPS) is 11.8. The molecule has 1 heterocycles. The van der Waals surface area contributed by atoms with Gasteiger partial charge in [-0.05, 0) is 68.8 Å². The van der Waals surface area contributed by atoms with Crippen molar-refractivity contribution in [3.8, 4) is 22.9 Å². The molecule has 1 aromatic heterocycles. The molecular formula is C29H26F3N3O5. The number of carbonyl (C=O) groups is 1. The maximum absolute atomic E-state index is 13.4. The predicted molar refractivity (Wildman–Crippen MR) is 144 cm³/mol. The quantitative estimate of drug-likeness (QED) is 0.195. The molecule has 0 spiro atoms. The van der Waals surface area contributed by atoms with E-state index in [1.165, 1.54) is 18.3 Å². The van der Waals surface area contributed by atoms with Gasteiger partial charge >= 0.3 is 12.1 Å². The van der Waals surface area contributed by atoms with Gasteiger partial charge in [-0.15, -0.1) is 0 Å². The number of fused-ring (bicyclic) bond motifs is 1. The van der Waals surface area contributed by atoms with Crippen LogP contribution in [0.2, 0.25) is 0 Å². The van der Waals surface area contributed by atoms with Crippen LogP contribution in [-0.2, 0) is 15.7 Å². The van der Waals surface area contributed by atoms with Gasteiger partial charge in [0.05, 0.1) is 35.4 Å². The maximum atomic E-state index is 13.4. The molecule has 8 nitrogen and oxygen atoms in total. The van der Waals surface area contributed by atoms with Gasteiger partial charge in [-0.25, -0.2) is 9.78 Å². The molecule has 0 aliphatic rings. The number of carbonyl (C=O) groups excluding carboxylic acids is 1. The van der Waals surface area contributed by atoms with Gasteiger partial charge in [0, 0.05) is 5.56 Å². The lowest BCUT2D eigenvalue weighted by Gasteiger charge is -2.13. The molecule has 0 radical (unpaired) electrons. The summed E-state index contributed by atoms with van der Waals surface area (Å²) in [5, 5.41) is 4.55. The van der Waals surface area contributed by atoms with Gasteiger partial charge in [0.15, 0.2) is 23.9 Å². The van der Waals surface area contributed by atoms with E-state index < -0.39 is 23.3 Å². The number of ether oxygens (including phenoxy) is 3. The zero-order valence-electron chi connectivity index (χ0n) is 21.9. The van der Waals surface area contributed by atoms with Crippen LogP contribution in [0.5, 0.6) is 11.5 Å². The van der Waals surface area contributed by atoms with Crippen molar-refractivity contribution in [3.63, 3.8) is 0 Å². The lowest BCUT2D eigenvalue weighted by atomic mass is 10.1. The molecule has 0 aliphatic heterocycles. The summed E-state index contributed by atoms with van der Waals surface area (Å²) in [6.07, 6.45) is -3.50. The number of nitrogens with zero attached hydrogens (tertiary/aromatic N) is 3. The van der Waals surface area contributed by atoms with Crippen LogP contribution >= 0.6 is 0 Å². The van der Waals surface area contributed by atoms with E-state index in [1.54, 1.807) is 63.2 Å². The second kappa shape index (κ2) is 12.0. The Bertz CT molecular complexity index is 1610. The number of aromatic nitrogens is 2. The number of esters is 1. The lowest BCUT2D eigenvalue weighted by molar-refractivity contribution is -0.149. The fraction of sp³-hybridized carbons (Fsp3) is 0.241. The maximum Gasteiger partial charge on any atom is 0.416 e. The Kier molecular flexibility index (Phi) is 8.52. The topological polar surface area (TPSA) is 92.0 Å². The monoisotopic (exact) mass is 553 g/mol. The van der Waals surface area contributed by atoms with Crippen molar-refractivity contribution in [2.45, 2.75) is 33.1 Å². The molecular weight excluding hydrogens is 527 g/mol. The molecule has 0 saturated carbocycles. The molecule has 0 aliphatic carbocycles. The van der Waals surface area contributed by atoms with E-state index >= 15 is 0 Å².